The summed E-state index contributed by atoms with van der Waals surface area (Å²) < 4.78 is 16.4. The molecule has 2 saturated heterocycles. The number of ether oxygens (including phenoxy) is 3. The highest BCUT2D eigenvalue weighted by Crippen LogP contribution is 2.38. The lowest BCUT2D eigenvalue weighted by atomic mass is 9.95. The second-order valence-corrected chi connectivity index (χ2v) is 5.75. The molecule has 1 aromatic carbocycles. The molecule has 5 heteroatoms. The summed E-state index contributed by atoms with van der Waals surface area (Å²) in [4.78, 5) is 0. The number of methoxy groups -OCH3 is 2. The predicted molar refractivity (Wildman–Crippen MR) is 77.7 cm³/mol. The van der Waals surface area contributed by atoms with Gasteiger partial charge in [-0.25, -0.2) is 0 Å². The van der Waals surface area contributed by atoms with Gasteiger partial charge in [0.05, 0.1) is 31.5 Å². The Morgan fingerprint density at radius 1 is 1.30 bits per heavy atom. The van der Waals surface area contributed by atoms with E-state index < -0.39 is 0 Å². The molecule has 1 N–H and O–H groups in total. The fourth-order valence-corrected chi connectivity index (χ4v) is 3.46. The maximum Gasteiger partial charge on any atom is 0.179 e. The largest absolute Gasteiger partial charge is 0.493 e. The molecule has 3 unspecified atom stereocenters. The number of rotatable bonds is 5. The van der Waals surface area contributed by atoms with Crippen LogP contribution in [0.1, 0.15) is 24.8 Å². The number of hydrogen-bond acceptors (Lipinski definition) is 4. The van der Waals surface area contributed by atoms with Crippen LogP contribution in [0.5, 0.6) is 11.5 Å². The van der Waals surface area contributed by atoms with Crippen LogP contribution >= 0.6 is 11.6 Å². The number of hydrogen-bond donors (Lipinski definition) is 1. The summed E-state index contributed by atoms with van der Waals surface area (Å²) in [6.45, 7) is 0.719. The minimum absolute atomic E-state index is 0.374. The van der Waals surface area contributed by atoms with Gasteiger partial charge in [0.25, 0.3) is 0 Å². The van der Waals surface area contributed by atoms with Crippen LogP contribution in [0.3, 0.4) is 0 Å². The van der Waals surface area contributed by atoms with Gasteiger partial charge in [-0.3, -0.25) is 0 Å². The van der Waals surface area contributed by atoms with Crippen molar-refractivity contribution < 1.29 is 14.2 Å². The minimum Gasteiger partial charge on any atom is -0.493 e. The average molecular weight is 298 g/mol. The van der Waals surface area contributed by atoms with Gasteiger partial charge in [0.15, 0.2) is 11.5 Å². The zero-order chi connectivity index (χ0) is 14.1. The van der Waals surface area contributed by atoms with E-state index in [1.165, 1.54) is 12.8 Å². The first-order chi connectivity index (χ1) is 9.72. The molecule has 3 rings (SSSR count). The van der Waals surface area contributed by atoms with Crippen molar-refractivity contribution in [3.63, 3.8) is 0 Å². The number of fused-ring (bicyclic) bond motifs is 2. The number of benzene rings is 1. The molecule has 1 aromatic rings. The maximum absolute atomic E-state index is 6.38. The summed E-state index contributed by atoms with van der Waals surface area (Å²) in [6, 6.07) is 4.31. The molecule has 0 aromatic heterocycles. The molecule has 3 atom stereocenters. The zero-order valence-corrected chi connectivity index (χ0v) is 12.6. The molecule has 2 fully saturated rings. The summed E-state index contributed by atoms with van der Waals surface area (Å²) >= 11 is 6.38. The zero-order valence-electron chi connectivity index (χ0n) is 11.8. The molecule has 2 aliphatic rings. The van der Waals surface area contributed by atoms with Gasteiger partial charge >= 0.3 is 0 Å². The molecule has 2 bridgehead atoms. The van der Waals surface area contributed by atoms with E-state index in [0.29, 0.717) is 34.8 Å². The molecule has 2 heterocycles. The molecule has 2 aliphatic heterocycles. The van der Waals surface area contributed by atoms with Crippen molar-refractivity contribution >= 4 is 11.6 Å². The van der Waals surface area contributed by atoms with Crippen LogP contribution in [-0.2, 0) is 11.3 Å². The van der Waals surface area contributed by atoms with Crippen LogP contribution in [0.4, 0.5) is 0 Å². The van der Waals surface area contributed by atoms with Crippen molar-refractivity contribution in [2.24, 2.45) is 0 Å². The molecule has 0 saturated carbocycles. The van der Waals surface area contributed by atoms with E-state index in [1.54, 1.807) is 14.2 Å². The van der Waals surface area contributed by atoms with Crippen LogP contribution in [-0.4, -0.2) is 32.5 Å². The van der Waals surface area contributed by atoms with Crippen molar-refractivity contribution in [2.75, 3.05) is 14.2 Å². The van der Waals surface area contributed by atoms with Crippen molar-refractivity contribution in [3.05, 3.63) is 22.7 Å². The Morgan fingerprint density at radius 2 is 2.15 bits per heavy atom. The first-order valence-electron chi connectivity index (χ1n) is 7.01. The predicted octanol–water partition coefficient (Wildman–Crippen LogP) is 2.77. The van der Waals surface area contributed by atoms with E-state index in [2.05, 4.69) is 5.32 Å². The quantitative estimate of drug-likeness (QED) is 0.907. The van der Waals surface area contributed by atoms with Crippen molar-refractivity contribution in [1.29, 1.82) is 0 Å². The Labute approximate surface area is 124 Å². The summed E-state index contributed by atoms with van der Waals surface area (Å²) in [6.07, 6.45) is 4.31. The third-order valence-corrected chi connectivity index (χ3v) is 4.64. The Bertz CT molecular complexity index is 494. The topological polar surface area (TPSA) is 39.7 Å². The molecule has 0 aliphatic carbocycles. The van der Waals surface area contributed by atoms with Crippen LogP contribution < -0.4 is 14.8 Å². The smallest absolute Gasteiger partial charge is 0.179 e. The van der Waals surface area contributed by atoms with E-state index in [4.69, 9.17) is 25.8 Å². The van der Waals surface area contributed by atoms with Crippen molar-refractivity contribution in [3.8, 4) is 11.5 Å². The van der Waals surface area contributed by atoms with Gasteiger partial charge in [-0.15, -0.1) is 0 Å². The number of halogens is 1. The second-order valence-electron chi connectivity index (χ2n) is 5.37. The highest BCUT2D eigenvalue weighted by Gasteiger charge is 2.40. The third-order valence-electron chi connectivity index (χ3n) is 4.23. The monoisotopic (exact) mass is 297 g/mol. The fourth-order valence-electron chi connectivity index (χ4n) is 3.16. The van der Waals surface area contributed by atoms with E-state index in [1.807, 2.05) is 12.1 Å². The van der Waals surface area contributed by atoms with Crippen LogP contribution in [0.2, 0.25) is 5.02 Å². The van der Waals surface area contributed by atoms with Crippen LogP contribution in [0.15, 0.2) is 12.1 Å². The molecule has 20 heavy (non-hydrogen) atoms. The minimum atomic E-state index is 0.374. The van der Waals surface area contributed by atoms with E-state index in [0.717, 1.165) is 18.5 Å². The maximum atomic E-state index is 6.38. The first kappa shape index (κ1) is 14.0. The van der Waals surface area contributed by atoms with Gasteiger partial charge in [0, 0.05) is 12.6 Å². The molecule has 0 amide bonds. The second kappa shape index (κ2) is 5.80. The van der Waals surface area contributed by atoms with E-state index in [-0.39, 0.29) is 0 Å². The molecular weight excluding hydrogens is 278 g/mol. The normalized spacial score (nSPS) is 27.9. The Balaban J connectivity index is 1.68. The Hall–Kier alpha value is -0.970. The molecule has 110 valence electrons. The lowest BCUT2D eigenvalue weighted by Crippen LogP contribution is -2.37. The lowest BCUT2D eigenvalue weighted by Gasteiger charge is -2.21. The summed E-state index contributed by atoms with van der Waals surface area (Å²) in [5.41, 5.74) is 1.02. The fraction of sp³-hybridized carbons (Fsp3) is 0.600. The van der Waals surface area contributed by atoms with Crippen molar-refractivity contribution in [2.45, 2.75) is 44.1 Å². The number of nitrogens with one attached hydrogen (secondary N) is 1. The van der Waals surface area contributed by atoms with Gasteiger partial charge in [-0.2, -0.15) is 0 Å². The lowest BCUT2D eigenvalue weighted by molar-refractivity contribution is 0.0973. The standard InChI is InChI=1S/C15H20ClNO3/c1-18-13-5-3-9(14(16)15(13)19-2)8-17-11-7-10-4-6-12(11)20-10/h3,5,10-12,17H,4,6-8H2,1-2H3. The highest BCUT2D eigenvalue weighted by atomic mass is 35.5. The van der Waals surface area contributed by atoms with Crippen LogP contribution in [0.25, 0.3) is 0 Å². The van der Waals surface area contributed by atoms with Gasteiger partial charge in [-0.1, -0.05) is 17.7 Å². The first-order valence-corrected chi connectivity index (χ1v) is 7.39. The third kappa shape index (κ3) is 2.48. The molecule has 0 spiro atoms. The Kier molecular flexibility index (Phi) is 4.06. The average Bonchev–Trinajstić information content (AvgIpc) is 3.08. The molecule has 4 nitrogen and oxygen atoms in total. The SMILES string of the molecule is COc1ccc(CNC2CC3CCC2O3)c(Cl)c1OC. The van der Waals surface area contributed by atoms with Crippen LogP contribution in [0, 0.1) is 0 Å². The summed E-state index contributed by atoms with van der Waals surface area (Å²) in [7, 11) is 3.21. The van der Waals surface area contributed by atoms with Gasteiger partial charge in [0.1, 0.15) is 0 Å². The highest BCUT2D eigenvalue weighted by molar-refractivity contribution is 6.33. The summed E-state index contributed by atoms with van der Waals surface area (Å²) in [5.74, 6) is 1.25. The summed E-state index contributed by atoms with van der Waals surface area (Å²) in [5, 5.41) is 4.17. The van der Waals surface area contributed by atoms with Gasteiger partial charge in [0.2, 0.25) is 0 Å². The van der Waals surface area contributed by atoms with Gasteiger partial charge < -0.3 is 19.5 Å². The van der Waals surface area contributed by atoms with Gasteiger partial charge in [-0.05, 0) is 30.9 Å². The molecule has 0 radical (unpaired) electrons. The van der Waals surface area contributed by atoms with Crippen molar-refractivity contribution in [1.82, 2.24) is 5.32 Å². The molecular formula is C15H20ClNO3. The Morgan fingerprint density at radius 3 is 2.75 bits per heavy atom. The van der Waals surface area contributed by atoms with E-state index in [9.17, 15) is 0 Å². The van der Waals surface area contributed by atoms with E-state index >= 15 is 0 Å².